The fraction of sp³-hybridized carbons (Fsp3) is 0.458. The molecule has 2 aliphatic rings. The number of hydrogen-bond donors (Lipinski definition) is 1. The Balaban J connectivity index is 0.000000517. The lowest BCUT2D eigenvalue weighted by molar-refractivity contribution is -0.382. The summed E-state index contributed by atoms with van der Waals surface area (Å²) in [5, 5.41) is 12.6. The number of carboxylic acid groups (broad SMARTS) is 1. The lowest BCUT2D eigenvalue weighted by Crippen LogP contribution is -2.37. The number of hydrogen-bond acceptors (Lipinski definition) is 10. The van der Waals surface area contributed by atoms with E-state index in [4.69, 9.17) is 19.2 Å². The van der Waals surface area contributed by atoms with E-state index in [0.29, 0.717) is 18.1 Å². The van der Waals surface area contributed by atoms with Crippen LogP contribution in [0, 0.1) is 0 Å². The smallest absolute Gasteiger partial charge is 0.446 e. The van der Waals surface area contributed by atoms with E-state index in [1.165, 1.54) is 12.4 Å². The van der Waals surface area contributed by atoms with E-state index < -0.39 is 35.2 Å². The Hall–Kier alpha value is -3.93. The SMILES string of the molecule is C[C@H](c1cnc(OCC(F)F)cn1)N1CCc2ccc(S(=O)(=O)Nc3noc(C4CC4)[nH+]3)cc2C1.O=C([O-])C(F)(F)F. The van der Waals surface area contributed by atoms with Crippen molar-refractivity contribution in [3.05, 3.63) is 53.3 Å². The predicted molar refractivity (Wildman–Crippen MR) is 129 cm³/mol. The maximum absolute atomic E-state index is 12.9. The Bertz CT molecular complexity index is 1500. The highest BCUT2D eigenvalue weighted by atomic mass is 32.2. The van der Waals surface area contributed by atoms with Crippen molar-refractivity contribution in [2.24, 2.45) is 0 Å². The molecule has 0 amide bonds. The first kappa shape index (κ1) is 31.0. The van der Waals surface area contributed by atoms with E-state index >= 15 is 0 Å². The Kier molecular flexibility index (Phi) is 9.24. The molecule has 5 rings (SSSR count). The van der Waals surface area contributed by atoms with Crippen LogP contribution in [-0.2, 0) is 27.8 Å². The quantitative estimate of drug-likeness (QED) is 0.350. The number of rotatable bonds is 9. The van der Waals surface area contributed by atoms with Gasteiger partial charge >= 0.3 is 22.1 Å². The van der Waals surface area contributed by atoms with E-state index in [9.17, 15) is 30.4 Å². The molecule has 2 N–H and O–H groups in total. The Morgan fingerprint density at radius 3 is 2.55 bits per heavy atom. The van der Waals surface area contributed by atoms with Crippen molar-refractivity contribution in [3.63, 3.8) is 0 Å². The molecule has 2 aromatic heterocycles. The van der Waals surface area contributed by atoms with Crippen LogP contribution in [0.5, 0.6) is 5.88 Å². The van der Waals surface area contributed by atoms with Crippen LogP contribution in [0.4, 0.5) is 27.9 Å². The standard InChI is InChI=1S/C22H24F2N6O4S.C2HF3O2/c1-13(18-9-26-20(10-25-18)33-12-19(23)24)30-7-6-14-4-5-17(8-16(14)11-30)35(31,32)29-22-27-21(34-28-22)15-2-3-15;3-2(4,5)1(6)7/h4-5,8-10,13,15,19H,2-3,6-7,11-12H2,1H3,(H,28,29);(H,6,7)/t13-;/m1./s1. The molecule has 0 bridgehead atoms. The molecule has 0 spiro atoms. The zero-order valence-corrected chi connectivity index (χ0v) is 22.7. The third-order valence-electron chi connectivity index (χ3n) is 6.40. The summed E-state index contributed by atoms with van der Waals surface area (Å²) in [5.41, 5.74) is 2.65. The molecular weight excluding hydrogens is 595 g/mol. The van der Waals surface area contributed by atoms with Crippen LogP contribution < -0.4 is 19.5 Å². The number of nitrogens with one attached hydrogen (secondary N) is 2. The molecule has 0 unspecified atom stereocenters. The minimum absolute atomic E-state index is 0.0428. The largest absolute Gasteiger partial charge is 0.542 e. The van der Waals surface area contributed by atoms with E-state index in [2.05, 4.69) is 29.7 Å². The number of alkyl halides is 5. The number of sulfonamides is 1. The van der Waals surface area contributed by atoms with E-state index in [1.54, 1.807) is 12.1 Å². The summed E-state index contributed by atoms with van der Waals surface area (Å²) >= 11 is 0. The van der Waals surface area contributed by atoms with E-state index in [-0.39, 0.29) is 28.7 Å². The molecule has 1 aliphatic heterocycles. The van der Waals surface area contributed by atoms with Crippen LogP contribution in [0.2, 0.25) is 0 Å². The number of ether oxygens (including phenoxy) is 1. The third-order valence-corrected chi connectivity index (χ3v) is 7.74. The van der Waals surface area contributed by atoms with Crippen LogP contribution >= 0.6 is 0 Å². The number of fused-ring (bicyclic) bond motifs is 1. The van der Waals surface area contributed by atoms with Gasteiger partial charge in [-0.3, -0.25) is 14.4 Å². The lowest BCUT2D eigenvalue weighted by Gasteiger charge is -2.33. The van der Waals surface area contributed by atoms with Crippen molar-refractivity contribution in [3.8, 4) is 5.88 Å². The molecule has 3 aromatic rings. The molecule has 1 aromatic carbocycles. The van der Waals surface area contributed by atoms with Crippen molar-refractivity contribution in [1.82, 2.24) is 20.0 Å². The zero-order chi connectivity index (χ0) is 30.7. The first-order valence-corrected chi connectivity index (χ1v) is 14.0. The van der Waals surface area contributed by atoms with Crippen LogP contribution in [0.15, 0.2) is 40.0 Å². The molecule has 18 heteroatoms. The highest BCUT2D eigenvalue weighted by Gasteiger charge is 2.34. The average Bonchev–Trinajstić information content (AvgIpc) is 3.69. The molecule has 1 fully saturated rings. The number of aromatic amines is 1. The predicted octanol–water partition coefficient (Wildman–Crippen LogP) is 2.02. The van der Waals surface area contributed by atoms with Gasteiger partial charge in [0.05, 0.1) is 30.0 Å². The van der Waals surface area contributed by atoms with Gasteiger partial charge in [-0.05, 0) is 49.4 Å². The molecule has 3 heterocycles. The summed E-state index contributed by atoms with van der Waals surface area (Å²) in [6.45, 7) is 2.51. The van der Waals surface area contributed by atoms with Crippen LogP contribution in [0.1, 0.15) is 54.4 Å². The van der Waals surface area contributed by atoms with Gasteiger partial charge in [0, 0.05) is 13.1 Å². The summed E-state index contributed by atoms with van der Waals surface area (Å²) in [6, 6.07) is 4.98. The zero-order valence-electron chi connectivity index (χ0n) is 21.9. The Morgan fingerprint density at radius 2 is 1.95 bits per heavy atom. The second kappa shape index (κ2) is 12.5. The highest BCUT2D eigenvalue weighted by molar-refractivity contribution is 7.92. The first-order chi connectivity index (χ1) is 19.7. The number of aromatic nitrogens is 4. The molecular formula is C24H25F5N6O6S. The second-order valence-corrected chi connectivity index (χ2v) is 11.2. The Labute approximate surface area is 236 Å². The molecule has 0 saturated heterocycles. The van der Waals surface area contributed by atoms with Crippen LogP contribution in [0.3, 0.4) is 0 Å². The summed E-state index contributed by atoms with van der Waals surface area (Å²) in [5.74, 6) is -2.05. The van der Waals surface area contributed by atoms with Crippen molar-refractivity contribution in [2.45, 2.75) is 62.2 Å². The number of H-pyrrole nitrogens is 1. The minimum Gasteiger partial charge on any atom is -0.542 e. The van der Waals surface area contributed by atoms with E-state index in [1.807, 2.05) is 13.0 Å². The van der Waals surface area contributed by atoms with Gasteiger partial charge in [-0.1, -0.05) is 6.07 Å². The maximum atomic E-state index is 12.9. The number of carbonyl (C=O) groups is 1. The normalized spacial score (nSPS) is 16.3. The average molecular weight is 621 g/mol. The van der Waals surface area contributed by atoms with Gasteiger partial charge in [0.25, 0.3) is 12.3 Å². The fourth-order valence-corrected chi connectivity index (χ4v) is 5.02. The van der Waals surface area contributed by atoms with Gasteiger partial charge in [-0.25, -0.2) is 18.7 Å². The maximum Gasteiger partial charge on any atom is 0.446 e. The monoisotopic (exact) mass is 620 g/mol. The lowest BCUT2D eigenvalue weighted by atomic mass is 9.98. The molecule has 1 atom stereocenters. The summed E-state index contributed by atoms with van der Waals surface area (Å²) in [7, 11) is -3.86. The summed E-state index contributed by atoms with van der Waals surface area (Å²) in [6.07, 6.45) is -2.19. The topological polar surface area (TPSA) is 165 Å². The van der Waals surface area contributed by atoms with Crippen LogP contribution in [0.25, 0.3) is 0 Å². The van der Waals surface area contributed by atoms with Crippen molar-refractivity contribution < 1.29 is 54.5 Å². The number of carbonyl (C=O) groups excluding carboxylic acids is 1. The summed E-state index contributed by atoms with van der Waals surface area (Å²) in [4.78, 5) is 22.3. The highest BCUT2D eigenvalue weighted by Crippen LogP contribution is 2.38. The summed E-state index contributed by atoms with van der Waals surface area (Å²) < 4.78 is 94.6. The fourth-order valence-electron chi connectivity index (χ4n) is 4.01. The first-order valence-electron chi connectivity index (χ1n) is 12.5. The second-order valence-electron chi connectivity index (χ2n) is 9.49. The molecule has 1 saturated carbocycles. The number of aliphatic carboxylic acids is 1. The van der Waals surface area contributed by atoms with Crippen molar-refractivity contribution in [2.75, 3.05) is 17.9 Å². The van der Waals surface area contributed by atoms with Crippen molar-refractivity contribution in [1.29, 1.82) is 0 Å². The number of halogens is 5. The number of anilines is 1. The number of benzene rings is 1. The number of nitrogens with zero attached hydrogens (tertiary/aromatic N) is 4. The molecule has 42 heavy (non-hydrogen) atoms. The molecule has 12 nitrogen and oxygen atoms in total. The van der Waals surface area contributed by atoms with E-state index in [0.717, 1.165) is 36.9 Å². The van der Waals surface area contributed by atoms with Gasteiger partial charge in [0.2, 0.25) is 5.88 Å². The van der Waals surface area contributed by atoms with Gasteiger partial charge in [-0.2, -0.15) is 26.3 Å². The molecule has 228 valence electrons. The molecule has 0 radical (unpaired) electrons. The molecule has 1 aliphatic carbocycles. The number of carboxylic acids is 1. The van der Waals surface area contributed by atoms with Gasteiger partial charge in [0.1, 0.15) is 16.0 Å². The van der Waals surface area contributed by atoms with Gasteiger partial charge < -0.3 is 14.6 Å². The van der Waals surface area contributed by atoms with Crippen LogP contribution in [-0.4, -0.2) is 60.2 Å². The minimum atomic E-state index is -5.19. The van der Waals surface area contributed by atoms with Crippen molar-refractivity contribution >= 4 is 21.9 Å². The van der Waals surface area contributed by atoms with Gasteiger partial charge in [-0.15, -0.1) is 0 Å². The third kappa shape index (κ3) is 8.09. The Morgan fingerprint density at radius 1 is 1.24 bits per heavy atom. The van der Waals surface area contributed by atoms with Gasteiger partial charge in [0.15, 0.2) is 6.61 Å².